The third-order valence-corrected chi connectivity index (χ3v) is 3.44. The Kier molecular flexibility index (Phi) is 5.98. The van der Waals surface area contributed by atoms with Gasteiger partial charge in [-0.05, 0) is 31.7 Å². The van der Waals surface area contributed by atoms with Crippen LogP contribution in [0.25, 0.3) is 0 Å². The second-order valence-electron chi connectivity index (χ2n) is 5.33. The zero-order valence-electron chi connectivity index (χ0n) is 12.8. The lowest BCUT2D eigenvalue weighted by Gasteiger charge is -2.14. The van der Waals surface area contributed by atoms with Crippen molar-refractivity contribution in [1.82, 2.24) is 15.4 Å². The summed E-state index contributed by atoms with van der Waals surface area (Å²) in [5, 5.41) is 7.41. The van der Waals surface area contributed by atoms with Crippen LogP contribution in [0.1, 0.15) is 23.4 Å². The van der Waals surface area contributed by atoms with Gasteiger partial charge in [0.2, 0.25) is 5.91 Å². The molecule has 1 amide bonds. The molecule has 0 bridgehead atoms. The van der Waals surface area contributed by atoms with E-state index < -0.39 is 0 Å². The average molecular weight is 322 g/mol. The minimum atomic E-state index is 0.0144. The summed E-state index contributed by atoms with van der Waals surface area (Å²) in [6.07, 6.45) is 0.435. The average Bonchev–Trinajstić information content (AvgIpc) is 2.88. The number of halogens is 1. The van der Waals surface area contributed by atoms with Gasteiger partial charge in [-0.25, -0.2) is 0 Å². The van der Waals surface area contributed by atoms with Gasteiger partial charge in [0.15, 0.2) is 5.76 Å². The van der Waals surface area contributed by atoms with E-state index >= 15 is 0 Å². The van der Waals surface area contributed by atoms with E-state index in [2.05, 4.69) is 10.5 Å². The minimum Gasteiger partial charge on any atom is -0.360 e. The van der Waals surface area contributed by atoms with E-state index in [0.717, 1.165) is 17.0 Å². The number of carbonyl (C=O) groups excluding carboxylic acids is 1. The second kappa shape index (κ2) is 7.96. The molecule has 5 nitrogen and oxygen atoms in total. The molecule has 22 heavy (non-hydrogen) atoms. The van der Waals surface area contributed by atoms with Crippen molar-refractivity contribution in [3.05, 3.63) is 52.4 Å². The smallest absolute Gasteiger partial charge is 0.221 e. The summed E-state index contributed by atoms with van der Waals surface area (Å²) < 4.78 is 5.15. The molecule has 0 aliphatic rings. The second-order valence-corrected chi connectivity index (χ2v) is 5.77. The van der Waals surface area contributed by atoms with E-state index in [9.17, 15) is 4.79 Å². The summed E-state index contributed by atoms with van der Waals surface area (Å²) in [6, 6.07) is 9.37. The molecule has 1 aromatic heterocycles. The highest BCUT2D eigenvalue weighted by atomic mass is 35.5. The number of nitrogens with zero attached hydrogens (tertiary/aromatic N) is 2. The Morgan fingerprint density at radius 1 is 1.41 bits per heavy atom. The molecule has 6 heteroatoms. The molecule has 2 aromatic rings. The summed E-state index contributed by atoms with van der Waals surface area (Å²) in [5.41, 5.74) is 1.86. The molecule has 0 saturated heterocycles. The van der Waals surface area contributed by atoms with E-state index in [1.54, 1.807) is 0 Å². The standard InChI is InChI=1S/C16H20ClN3O2/c1-12-8-15(22-19-12)11-20(2)7-6-16(21)18-10-13-4-3-5-14(17)9-13/h3-5,8-9H,6-7,10-11H2,1-2H3,(H,18,21). The van der Waals surface area contributed by atoms with Crippen LogP contribution in [-0.4, -0.2) is 29.6 Å². The summed E-state index contributed by atoms with van der Waals surface area (Å²) >= 11 is 5.91. The molecule has 0 aliphatic heterocycles. The lowest BCUT2D eigenvalue weighted by Crippen LogP contribution is -2.28. The lowest BCUT2D eigenvalue weighted by molar-refractivity contribution is -0.121. The Balaban J connectivity index is 1.68. The van der Waals surface area contributed by atoms with Crippen LogP contribution < -0.4 is 5.32 Å². The van der Waals surface area contributed by atoms with Crippen molar-refractivity contribution in [2.24, 2.45) is 0 Å². The van der Waals surface area contributed by atoms with E-state index in [1.807, 2.05) is 49.2 Å². The van der Waals surface area contributed by atoms with Crippen molar-refractivity contribution in [3.63, 3.8) is 0 Å². The fourth-order valence-corrected chi connectivity index (χ4v) is 2.28. The van der Waals surface area contributed by atoms with Crippen LogP contribution in [0.2, 0.25) is 5.02 Å². The molecule has 0 spiro atoms. The van der Waals surface area contributed by atoms with Crippen molar-refractivity contribution in [2.75, 3.05) is 13.6 Å². The summed E-state index contributed by atoms with van der Waals surface area (Å²) in [7, 11) is 1.95. The number of hydrogen-bond donors (Lipinski definition) is 1. The maximum atomic E-state index is 11.9. The number of hydrogen-bond acceptors (Lipinski definition) is 4. The van der Waals surface area contributed by atoms with Crippen LogP contribution in [0.3, 0.4) is 0 Å². The quantitative estimate of drug-likeness (QED) is 0.852. The van der Waals surface area contributed by atoms with Gasteiger partial charge in [-0.1, -0.05) is 28.9 Å². The zero-order chi connectivity index (χ0) is 15.9. The SMILES string of the molecule is Cc1cc(CN(C)CCC(=O)NCc2cccc(Cl)c2)on1. The Morgan fingerprint density at radius 3 is 2.91 bits per heavy atom. The third kappa shape index (κ3) is 5.50. The summed E-state index contributed by atoms with van der Waals surface area (Å²) in [5.74, 6) is 0.819. The fraction of sp³-hybridized carbons (Fsp3) is 0.375. The Hall–Kier alpha value is -1.85. The molecule has 0 atom stereocenters. The molecule has 118 valence electrons. The number of rotatable bonds is 7. The first-order chi connectivity index (χ1) is 10.5. The van der Waals surface area contributed by atoms with Gasteiger partial charge >= 0.3 is 0 Å². The Labute approximate surface area is 135 Å². The van der Waals surface area contributed by atoms with Gasteiger partial charge in [0.05, 0.1) is 12.2 Å². The predicted octanol–water partition coefficient (Wildman–Crippen LogP) is 2.77. The van der Waals surface area contributed by atoms with E-state index in [0.29, 0.717) is 31.1 Å². The monoisotopic (exact) mass is 321 g/mol. The van der Waals surface area contributed by atoms with E-state index in [-0.39, 0.29) is 5.91 Å². The maximum absolute atomic E-state index is 11.9. The fourth-order valence-electron chi connectivity index (χ4n) is 2.06. The van der Waals surface area contributed by atoms with E-state index in [4.69, 9.17) is 16.1 Å². The first kappa shape index (κ1) is 16.5. The first-order valence-corrected chi connectivity index (χ1v) is 7.52. The molecular weight excluding hydrogens is 302 g/mol. The topological polar surface area (TPSA) is 58.4 Å². The number of aryl methyl sites for hydroxylation is 1. The molecule has 0 unspecified atom stereocenters. The highest BCUT2D eigenvalue weighted by molar-refractivity contribution is 6.30. The number of nitrogens with one attached hydrogen (secondary N) is 1. The third-order valence-electron chi connectivity index (χ3n) is 3.20. The number of aromatic nitrogens is 1. The molecule has 0 radical (unpaired) electrons. The van der Waals surface area contributed by atoms with Crippen LogP contribution in [0.4, 0.5) is 0 Å². The lowest BCUT2D eigenvalue weighted by atomic mass is 10.2. The van der Waals surface area contributed by atoms with Gasteiger partial charge in [0.25, 0.3) is 0 Å². The van der Waals surface area contributed by atoms with Gasteiger partial charge in [0.1, 0.15) is 0 Å². The normalized spacial score (nSPS) is 10.9. The Morgan fingerprint density at radius 2 is 2.23 bits per heavy atom. The largest absolute Gasteiger partial charge is 0.360 e. The van der Waals surface area contributed by atoms with Gasteiger partial charge in [0, 0.05) is 30.6 Å². The molecule has 2 rings (SSSR count). The zero-order valence-corrected chi connectivity index (χ0v) is 13.6. The first-order valence-electron chi connectivity index (χ1n) is 7.15. The van der Waals surface area contributed by atoms with Gasteiger partial charge in [-0.15, -0.1) is 0 Å². The van der Waals surface area contributed by atoms with E-state index in [1.165, 1.54) is 0 Å². The molecule has 0 aliphatic carbocycles. The highest BCUT2D eigenvalue weighted by Gasteiger charge is 2.08. The van der Waals surface area contributed by atoms with Crippen molar-refractivity contribution in [1.29, 1.82) is 0 Å². The van der Waals surface area contributed by atoms with Crippen molar-refractivity contribution in [3.8, 4) is 0 Å². The van der Waals surface area contributed by atoms with Crippen molar-refractivity contribution in [2.45, 2.75) is 26.4 Å². The maximum Gasteiger partial charge on any atom is 0.221 e. The van der Waals surface area contributed by atoms with Crippen LogP contribution >= 0.6 is 11.6 Å². The molecule has 0 saturated carbocycles. The molecule has 1 heterocycles. The van der Waals surface area contributed by atoms with Crippen LogP contribution in [0.5, 0.6) is 0 Å². The molecule has 1 aromatic carbocycles. The van der Waals surface area contributed by atoms with Crippen LogP contribution in [0, 0.1) is 6.92 Å². The molecule has 1 N–H and O–H groups in total. The van der Waals surface area contributed by atoms with Crippen LogP contribution in [0.15, 0.2) is 34.9 Å². The van der Waals surface area contributed by atoms with Gasteiger partial charge in [-0.3, -0.25) is 9.69 Å². The van der Waals surface area contributed by atoms with Crippen molar-refractivity contribution >= 4 is 17.5 Å². The summed E-state index contributed by atoms with van der Waals surface area (Å²) in [4.78, 5) is 13.9. The predicted molar refractivity (Wildman–Crippen MR) is 85.5 cm³/mol. The Bertz CT molecular complexity index is 627. The van der Waals surface area contributed by atoms with Gasteiger partial charge < -0.3 is 9.84 Å². The molecule has 0 fully saturated rings. The van der Waals surface area contributed by atoms with Crippen molar-refractivity contribution < 1.29 is 9.32 Å². The molecular formula is C16H20ClN3O2. The van der Waals surface area contributed by atoms with Crippen LogP contribution in [-0.2, 0) is 17.9 Å². The highest BCUT2D eigenvalue weighted by Crippen LogP contribution is 2.10. The number of benzene rings is 1. The summed E-state index contributed by atoms with van der Waals surface area (Å²) in [6.45, 7) is 3.67. The van der Waals surface area contributed by atoms with Gasteiger partial charge in [-0.2, -0.15) is 0 Å². The number of carbonyl (C=O) groups is 1. The minimum absolute atomic E-state index is 0.0144. The number of amides is 1.